The highest BCUT2D eigenvalue weighted by Gasteiger charge is 2.28. The molecule has 15 heavy (non-hydrogen) atoms. The molecule has 1 saturated carbocycles. The van der Waals surface area contributed by atoms with E-state index in [-0.39, 0.29) is 17.9 Å². The highest BCUT2D eigenvalue weighted by Crippen LogP contribution is 2.23. The molecule has 3 heteroatoms. The van der Waals surface area contributed by atoms with E-state index < -0.39 is 0 Å². The van der Waals surface area contributed by atoms with Crippen LogP contribution < -0.4 is 5.73 Å². The third-order valence-electron chi connectivity index (χ3n) is 3.17. The van der Waals surface area contributed by atoms with Crippen LogP contribution in [0.1, 0.15) is 32.1 Å². The van der Waals surface area contributed by atoms with Crippen LogP contribution in [0, 0.1) is 5.92 Å². The molecule has 0 radical (unpaired) electrons. The number of carbonyl (C=O) groups excluding carboxylic acids is 1. The smallest absolute Gasteiger partial charge is 0.227 e. The third-order valence-corrected chi connectivity index (χ3v) is 3.17. The zero-order chi connectivity index (χ0) is 11.3. The first kappa shape index (κ1) is 12.2. The molecular formula is C12H22N2O. The molecule has 0 aromatic rings. The van der Waals surface area contributed by atoms with Gasteiger partial charge in [0.15, 0.2) is 0 Å². The normalized spacial score (nSPS) is 26.8. The summed E-state index contributed by atoms with van der Waals surface area (Å²) >= 11 is 0. The molecule has 0 spiro atoms. The first-order valence-electron chi connectivity index (χ1n) is 5.78. The number of amides is 1. The van der Waals surface area contributed by atoms with Crippen molar-refractivity contribution in [3.63, 3.8) is 0 Å². The Kier molecular flexibility index (Phi) is 4.82. The molecule has 1 aliphatic rings. The van der Waals surface area contributed by atoms with Crippen molar-refractivity contribution in [1.29, 1.82) is 0 Å². The first-order valence-corrected chi connectivity index (χ1v) is 5.78. The monoisotopic (exact) mass is 210 g/mol. The van der Waals surface area contributed by atoms with Crippen molar-refractivity contribution in [1.82, 2.24) is 4.90 Å². The topological polar surface area (TPSA) is 46.3 Å². The Morgan fingerprint density at radius 1 is 1.47 bits per heavy atom. The van der Waals surface area contributed by atoms with E-state index >= 15 is 0 Å². The Labute approximate surface area is 92.3 Å². The summed E-state index contributed by atoms with van der Waals surface area (Å²) in [7, 11) is 1.82. The number of hydrogen-bond donors (Lipinski definition) is 1. The van der Waals surface area contributed by atoms with Gasteiger partial charge in [0.2, 0.25) is 5.91 Å². The molecule has 1 fully saturated rings. The fourth-order valence-electron chi connectivity index (χ4n) is 2.21. The minimum absolute atomic E-state index is 0.0254. The van der Waals surface area contributed by atoms with Gasteiger partial charge < -0.3 is 10.6 Å². The number of nitrogens with two attached hydrogens (primary N) is 1. The Morgan fingerprint density at radius 2 is 2.13 bits per heavy atom. The van der Waals surface area contributed by atoms with E-state index in [4.69, 9.17) is 5.73 Å². The van der Waals surface area contributed by atoms with E-state index in [1.54, 1.807) is 11.0 Å². The van der Waals surface area contributed by atoms with Crippen LogP contribution >= 0.6 is 0 Å². The lowest BCUT2D eigenvalue weighted by atomic mass is 9.94. The van der Waals surface area contributed by atoms with Crippen LogP contribution in [-0.2, 0) is 4.79 Å². The van der Waals surface area contributed by atoms with Crippen molar-refractivity contribution in [2.75, 3.05) is 13.6 Å². The van der Waals surface area contributed by atoms with E-state index in [1.807, 2.05) is 7.05 Å². The molecule has 0 saturated heterocycles. The van der Waals surface area contributed by atoms with Gasteiger partial charge in [-0.25, -0.2) is 0 Å². The number of carbonyl (C=O) groups is 1. The Bertz CT molecular complexity index is 228. The molecule has 0 heterocycles. The van der Waals surface area contributed by atoms with Crippen molar-refractivity contribution in [3.05, 3.63) is 12.7 Å². The first-order chi connectivity index (χ1) is 7.16. The molecule has 0 aromatic carbocycles. The van der Waals surface area contributed by atoms with Gasteiger partial charge in [-0.1, -0.05) is 25.3 Å². The average Bonchev–Trinajstić information content (AvgIpc) is 2.42. The van der Waals surface area contributed by atoms with E-state index in [1.165, 1.54) is 6.42 Å². The van der Waals surface area contributed by atoms with Crippen molar-refractivity contribution < 1.29 is 4.79 Å². The zero-order valence-corrected chi connectivity index (χ0v) is 9.61. The second-order valence-corrected chi connectivity index (χ2v) is 4.42. The molecule has 2 unspecified atom stereocenters. The maximum Gasteiger partial charge on any atom is 0.227 e. The average molecular weight is 210 g/mol. The Balaban J connectivity index is 2.58. The molecule has 2 atom stereocenters. The van der Waals surface area contributed by atoms with E-state index in [0.717, 1.165) is 25.7 Å². The molecule has 0 bridgehead atoms. The van der Waals surface area contributed by atoms with Crippen LogP contribution in [0.2, 0.25) is 0 Å². The molecular weight excluding hydrogens is 188 g/mol. The van der Waals surface area contributed by atoms with Crippen LogP contribution in [0.4, 0.5) is 0 Å². The summed E-state index contributed by atoms with van der Waals surface area (Å²) in [6.45, 7) is 4.25. The highest BCUT2D eigenvalue weighted by molar-refractivity contribution is 5.79. The molecule has 0 aromatic heterocycles. The van der Waals surface area contributed by atoms with Gasteiger partial charge in [-0.05, 0) is 12.8 Å². The summed E-state index contributed by atoms with van der Waals surface area (Å²) in [6, 6.07) is 0.0484. The standard InChI is InChI=1S/C12H22N2O/c1-3-9-14(2)12(15)10-7-5-4-6-8-11(10)13/h3,10-11H,1,4-9,13H2,2H3. The van der Waals surface area contributed by atoms with Crippen molar-refractivity contribution >= 4 is 5.91 Å². The number of likely N-dealkylation sites (N-methyl/N-ethyl adjacent to an activating group) is 1. The lowest BCUT2D eigenvalue weighted by molar-refractivity contribution is -0.134. The minimum atomic E-state index is 0.0254. The van der Waals surface area contributed by atoms with Crippen LogP contribution in [0.15, 0.2) is 12.7 Å². The SMILES string of the molecule is C=CCN(C)C(=O)C1CCCCCC1N. The molecule has 86 valence electrons. The number of nitrogens with zero attached hydrogens (tertiary/aromatic N) is 1. The Hall–Kier alpha value is -0.830. The van der Waals surface area contributed by atoms with Gasteiger partial charge in [0.1, 0.15) is 0 Å². The zero-order valence-electron chi connectivity index (χ0n) is 9.61. The van der Waals surface area contributed by atoms with Gasteiger partial charge in [-0.2, -0.15) is 0 Å². The quantitative estimate of drug-likeness (QED) is 0.567. The second-order valence-electron chi connectivity index (χ2n) is 4.42. The highest BCUT2D eigenvalue weighted by atomic mass is 16.2. The number of hydrogen-bond acceptors (Lipinski definition) is 2. The molecule has 1 amide bonds. The summed E-state index contributed by atoms with van der Waals surface area (Å²) in [5, 5.41) is 0. The lowest BCUT2D eigenvalue weighted by Crippen LogP contribution is -2.42. The van der Waals surface area contributed by atoms with Gasteiger partial charge in [-0.3, -0.25) is 4.79 Å². The predicted molar refractivity (Wildman–Crippen MR) is 62.4 cm³/mol. The van der Waals surface area contributed by atoms with E-state index in [0.29, 0.717) is 6.54 Å². The van der Waals surface area contributed by atoms with Gasteiger partial charge in [0.05, 0.1) is 5.92 Å². The van der Waals surface area contributed by atoms with Crippen LogP contribution in [0.5, 0.6) is 0 Å². The van der Waals surface area contributed by atoms with Gasteiger partial charge in [0, 0.05) is 19.6 Å². The summed E-state index contributed by atoms with van der Waals surface area (Å²) in [4.78, 5) is 13.8. The maximum absolute atomic E-state index is 12.0. The molecule has 3 nitrogen and oxygen atoms in total. The maximum atomic E-state index is 12.0. The molecule has 2 N–H and O–H groups in total. The van der Waals surface area contributed by atoms with Crippen molar-refractivity contribution in [2.24, 2.45) is 11.7 Å². The molecule has 1 rings (SSSR count). The minimum Gasteiger partial charge on any atom is -0.342 e. The van der Waals surface area contributed by atoms with Crippen molar-refractivity contribution in [2.45, 2.75) is 38.1 Å². The molecule has 0 aliphatic heterocycles. The van der Waals surface area contributed by atoms with Gasteiger partial charge in [0.25, 0.3) is 0 Å². The predicted octanol–water partition coefficient (Wildman–Crippen LogP) is 1.54. The van der Waals surface area contributed by atoms with E-state index in [2.05, 4.69) is 6.58 Å². The van der Waals surface area contributed by atoms with Crippen LogP contribution in [-0.4, -0.2) is 30.4 Å². The van der Waals surface area contributed by atoms with Crippen LogP contribution in [0.25, 0.3) is 0 Å². The summed E-state index contributed by atoms with van der Waals surface area (Å²) in [5.74, 6) is 0.210. The summed E-state index contributed by atoms with van der Waals surface area (Å²) in [6.07, 6.45) is 7.19. The summed E-state index contributed by atoms with van der Waals surface area (Å²) < 4.78 is 0. The fraction of sp³-hybridized carbons (Fsp3) is 0.750. The van der Waals surface area contributed by atoms with E-state index in [9.17, 15) is 4.79 Å². The largest absolute Gasteiger partial charge is 0.342 e. The van der Waals surface area contributed by atoms with Crippen LogP contribution in [0.3, 0.4) is 0 Å². The molecule has 1 aliphatic carbocycles. The van der Waals surface area contributed by atoms with Crippen molar-refractivity contribution in [3.8, 4) is 0 Å². The van der Waals surface area contributed by atoms with Gasteiger partial charge in [-0.15, -0.1) is 6.58 Å². The third kappa shape index (κ3) is 3.34. The second kappa shape index (κ2) is 5.91. The lowest BCUT2D eigenvalue weighted by Gasteiger charge is -2.25. The number of rotatable bonds is 3. The Morgan fingerprint density at radius 3 is 2.80 bits per heavy atom. The summed E-state index contributed by atoms with van der Waals surface area (Å²) in [5.41, 5.74) is 6.04. The fourth-order valence-corrected chi connectivity index (χ4v) is 2.21. The van der Waals surface area contributed by atoms with Gasteiger partial charge >= 0.3 is 0 Å².